The Hall–Kier alpha value is -2.48. The molecule has 1 heterocycles. The summed E-state index contributed by atoms with van der Waals surface area (Å²) in [5.74, 6) is 1.86. The van der Waals surface area contributed by atoms with Crippen LogP contribution in [0.1, 0.15) is 31.5 Å². The van der Waals surface area contributed by atoms with E-state index in [1.54, 1.807) is 20.1 Å². The molecule has 0 aliphatic heterocycles. The van der Waals surface area contributed by atoms with Crippen LogP contribution in [0, 0.1) is 17.6 Å². The lowest BCUT2D eigenvalue weighted by molar-refractivity contribution is 0.273. The van der Waals surface area contributed by atoms with Crippen molar-refractivity contribution in [1.82, 2.24) is 14.9 Å². The minimum Gasteiger partial charge on any atom is -0.493 e. The van der Waals surface area contributed by atoms with Crippen molar-refractivity contribution < 1.29 is 9.47 Å². The quantitative estimate of drug-likeness (QED) is 0.605. The van der Waals surface area contributed by atoms with Crippen LogP contribution in [0.4, 0.5) is 0 Å². The van der Waals surface area contributed by atoms with Crippen molar-refractivity contribution in [3.8, 4) is 11.5 Å². The highest BCUT2D eigenvalue weighted by molar-refractivity contribution is 7.71. The predicted octanol–water partition coefficient (Wildman–Crippen LogP) is 2.93. The first-order valence-corrected chi connectivity index (χ1v) is 8.36. The second-order valence-corrected chi connectivity index (χ2v) is 6.30. The summed E-state index contributed by atoms with van der Waals surface area (Å²) >= 11 is 5.04. The third-order valence-corrected chi connectivity index (χ3v) is 3.74. The molecule has 0 saturated carbocycles. The lowest BCUT2D eigenvalue weighted by Crippen LogP contribution is -2.22. The van der Waals surface area contributed by atoms with Gasteiger partial charge in [0, 0.05) is 0 Å². The van der Waals surface area contributed by atoms with Crippen LogP contribution in [-0.4, -0.2) is 34.8 Å². The molecule has 0 unspecified atom stereocenters. The Kier molecular flexibility index (Phi) is 6.46. The Morgan fingerprint density at radius 2 is 2.16 bits per heavy atom. The molecule has 0 radical (unpaired) electrons. The van der Waals surface area contributed by atoms with E-state index in [1.807, 2.05) is 12.1 Å². The molecule has 25 heavy (non-hydrogen) atoms. The number of aromatic amines is 1. The zero-order chi connectivity index (χ0) is 18.4. The average molecular weight is 362 g/mol. The fourth-order valence-electron chi connectivity index (χ4n) is 1.99. The number of methoxy groups -OCH3 is 1. The zero-order valence-electron chi connectivity index (χ0n) is 14.8. The maximum absolute atomic E-state index is 12.0. The third-order valence-electron chi connectivity index (χ3n) is 3.48. The second kappa shape index (κ2) is 8.57. The second-order valence-electron chi connectivity index (χ2n) is 5.92. The number of rotatable bonds is 7. The molecule has 0 aliphatic carbocycles. The largest absolute Gasteiger partial charge is 0.493 e. The normalized spacial score (nSPS) is 11.2. The first kappa shape index (κ1) is 18.9. The summed E-state index contributed by atoms with van der Waals surface area (Å²) in [5.41, 5.74) is 0.682. The summed E-state index contributed by atoms with van der Waals surface area (Å²) in [7, 11) is 1.58. The summed E-state index contributed by atoms with van der Waals surface area (Å²) in [5, 5.41) is 10.5. The fourth-order valence-corrected chi connectivity index (χ4v) is 2.17. The topological polar surface area (TPSA) is 81.5 Å². The van der Waals surface area contributed by atoms with Crippen LogP contribution in [0.5, 0.6) is 11.5 Å². The average Bonchev–Trinajstić information content (AvgIpc) is 2.58. The molecule has 134 valence electrons. The van der Waals surface area contributed by atoms with Crippen LogP contribution in [0.2, 0.25) is 0 Å². The van der Waals surface area contributed by atoms with Gasteiger partial charge >= 0.3 is 0 Å². The molecule has 0 aliphatic rings. The van der Waals surface area contributed by atoms with Gasteiger partial charge in [0.1, 0.15) is 5.69 Å². The van der Waals surface area contributed by atoms with Crippen molar-refractivity contribution >= 4 is 18.4 Å². The van der Waals surface area contributed by atoms with Crippen LogP contribution >= 0.6 is 12.2 Å². The molecule has 2 rings (SSSR count). The van der Waals surface area contributed by atoms with Crippen molar-refractivity contribution in [1.29, 1.82) is 0 Å². The van der Waals surface area contributed by atoms with Crippen molar-refractivity contribution in [2.75, 3.05) is 13.7 Å². The van der Waals surface area contributed by atoms with Gasteiger partial charge in [-0.2, -0.15) is 14.9 Å². The third kappa shape index (κ3) is 4.99. The Labute approximate surface area is 151 Å². The van der Waals surface area contributed by atoms with Crippen molar-refractivity contribution in [2.24, 2.45) is 11.0 Å². The van der Waals surface area contributed by atoms with Crippen LogP contribution < -0.4 is 15.0 Å². The number of hydrogen-bond acceptors (Lipinski definition) is 6. The van der Waals surface area contributed by atoms with Crippen LogP contribution in [-0.2, 0) is 0 Å². The summed E-state index contributed by atoms with van der Waals surface area (Å²) in [4.78, 5) is 12.0. The number of hydrogen-bond donors (Lipinski definition) is 1. The number of aryl methyl sites for hydroxylation is 1. The molecule has 0 saturated heterocycles. The van der Waals surface area contributed by atoms with Gasteiger partial charge in [-0.25, -0.2) is 0 Å². The number of benzene rings is 1. The smallest absolute Gasteiger partial charge is 0.296 e. The van der Waals surface area contributed by atoms with E-state index in [1.165, 1.54) is 6.21 Å². The van der Waals surface area contributed by atoms with Crippen LogP contribution in [0.25, 0.3) is 0 Å². The van der Waals surface area contributed by atoms with E-state index in [2.05, 4.69) is 29.1 Å². The van der Waals surface area contributed by atoms with Gasteiger partial charge in [0.25, 0.3) is 5.56 Å². The molecule has 1 N–H and O–H groups in total. The minimum absolute atomic E-state index is 0.132. The molecular weight excluding hydrogens is 340 g/mol. The Bertz CT molecular complexity index is 871. The highest BCUT2D eigenvalue weighted by Crippen LogP contribution is 2.27. The van der Waals surface area contributed by atoms with E-state index in [9.17, 15) is 4.79 Å². The van der Waals surface area contributed by atoms with E-state index in [0.717, 1.165) is 16.7 Å². The monoisotopic (exact) mass is 362 g/mol. The zero-order valence-corrected chi connectivity index (χ0v) is 15.6. The van der Waals surface area contributed by atoms with Gasteiger partial charge in [-0.3, -0.25) is 9.89 Å². The van der Waals surface area contributed by atoms with Crippen molar-refractivity contribution in [3.05, 3.63) is 44.6 Å². The molecule has 1 aromatic heterocycles. The Balaban J connectivity index is 2.22. The molecule has 0 fully saturated rings. The summed E-state index contributed by atoms with van der Waals surface area (Å²) in [6.07, 6.45) is 2.50. The standard InChI is InChI=1S/C17H22N4O3S/c1-11(2)7-8-24-14-6-5-13(9-15(14)23-4)10-18-21-16(22)12(3)19-20-17(21)25/h5-6,9-11H,7-8H2,1-4H3,(H,20,25)/b18-10-. The van der Waals surface area contributed by atoms with Gasteiger partial charge in [0.15, 0.2) is 11.5 Å². The van der Waals surface area contributed by atoms with Crippen molar-refractivity contribution in [3.63, 3.8) is 0 Å². The Morgan fingerprint density at radius 1 is 1.40 bits per heavy atom. The minimum atomic E-state index is -0.361. The number of nitrogens with zero attached hydrogens (tertiary/aromatic N) is 3. The highest BCUT2D eigenvalue weighted by Gasteiger charge is 2.06. The maximum atomic E-state index is 12.0. The molecule has 0 bridgehead atoms. The van der Waals surface area contributed by atoms with Crippen LogP contribution in [0.3, 0.4) is 0 Å². The number of ether oxygens (including phenoxy) is 2. The molecule has 0 spiro atoms. The molecule has 7 nitrogen and oxygen atoms in total. The van der Waals surface area contributed by atoms with E-state index in [4.69, 9.17) is 21.7 Å². The molecule has 1 aromatic carbocycles. The first-order valence-electron chi connectivity index (χ1n) is 7.96. The maximum Gasteiger partial charge on any atom is 0.296 e. The van der Waals surface area contributed by atoms with E-state index in [0.29, 0.717) is 24.0 Å². The lowest BCUT2D eigenvalue weighted by Gasteiger charge is -2.12. The Morgan fingerprint density at radius 3 is 2.84 bits per heavy atom. The van der Waals surface area contributed by atoms with Crippen LogP contribution in [0.15, 0.2) is 28.1 Å². The van der Waals surface area contributed by atoms with E-state index in [-0.39, 0.29) is 16.0 Å². The molecule has 8 heteroatoms. The first-order chi connectivity index (χ1) is 11.9. The van der Waals surface area contributed by atoms with E-state index >= 15 is 0 Å². The molecule has 0 amide bonds. The van der Waals surface area contributed by atoms with Gasteiger partial charge in [-0.15, -0.1) is 0 Å². The van der Waals surface area contributed by atoms with Gasteiger partial charge in [0.05, 0.1) is 19.9 Å². The molecular formula is C17H22N4O3S. The summed E-state index contributed by atoms with van der Waals surface area (Å²) in [6, 6.07) is 5.45. The number of nitrogens with one attached hydrogen (secondary N) is 1. The molecule has 0 atom stereocenters. The summed E-state index contributed by atoms with van der Waals surface area (Å²) < 4.78 is 12.4. The van der Waals surface area contributed by atoms with Gasteiger partial charge in [-0.05, 0) is 55.2 Å². The SMILES string of the molecule is COc1cc(/C=N\n2c(=S)[nH]nc(C)c2=O)ccc1OCCC(C)C. The molecule has 2 aromatic rings. The number of H-pyrrole nitrogens is 1. The number of aromatic nitrogens is 3. The van der Waals surface area contributed by atoms with Gasteiger partial charge in [-0.1, -0.05) is 13.8 Å². The fraction of sp³-hybridized carbons (Fsp3) is 0.412. The van der Waals surface area contributed by atoms with Gasteiger partial charge < -0.3 is 9.47 Å². The predicted molar refractivity (Wildman–Crippen MR) is 99.4 cm³/mol. The van der Waals surface area contributed by atoms with Crippen molar-refractivity contribution in [2.45, 2.75) is 27.2 Å². The highest BCUT2D eigenvalue weighted by atomic mass is 32.1. The lowest BCUT2D eigenvalue weighted by atomic mass is 10.1. The summed E-state index contributed by atoms with van der Waals surface area (Å²) in [6.45, 7) is 6.51. The van der Waals surface area contributed by atoms with E-state index < -0.39 is 0 Å². The van der Waals surface area contributed by atoms with Gasteiger partial charge in [0.2, 0.25) is 4.77 Å².